The highest BCUT2D eigenvalue weighted by atomic mass is 16.3. The summed E-state index contributed by atoms with van der Waals surface area (Å²) in [7, 11) is 1.75. The first-order valence-corrected chi connectivity index (χ1v) is 7.65. The molecule has 3 rings (SSSR count). The first-order chi connectivity index (χ1) is 10.6. The molecule has 5 heteroatoms. The molecule has 0 aliphatic heterocycles. The van der Waals surface area contributed by atoms with Crippen molar-refractivity contribution in [2.24, 2.45) is 0 Å². The van der Waals surface area contributed by atoms with Crippen LogP contribution in [0.4, 0.5) is 0 Å². The summed E-state index contributed by atoms with van der Waals surface area (Å²) in [5, 5.41) is 14.6. The van der Waals surface area contributed by atoms with Crippen molar-refractivity contribution in [3.63, 3.8) is 0 Å². The van der Waals surface area contributed by atoms with Crippen molar-refractivity contribution in [2.45, 2.75) is 31.3 Å². The number of carbonyl (C=O) groups is 1. The van der Waals surface area contributed by atoms with Crippen molar-refractivity contribution in [1.82, 2.24) is 14.7 Å². The van der Waals surface area contributed by atoms with Gasteiger partial charge in [0.2, 0.25) is 0 Å². The van der Waals surface area contributed by atoms with Gasteiger partial charge in [0.1, 0.15) is 0 Å². The minimum absolute atomic E-state index is 0.0747. The predicted octanol–water partition coefficient (Wildman–Crippen LogP) is 2.25. The second-order valence-electron chi connectivity index (χ2n) is 6.09. The van der Waals surface area contributed by atoms with E-state index < -0.39 is 5.60 Å². The van der Waals surface area contributed by atoms with Crippen LogP contribution in [-0.2, 0) is 0 Å². The van der Waals surface area contributed by atoms with Crippen molar-refractivity contribution in [2.75, 3.05) is 13.6 Å². The molecule has 0 unspecified atom stereocenters. The molecule has 1 saturated carbocycles. The van der Waals surface area contributed by atoms with Crippen molar-refractivity contribution in [1.29, 1.82) is 0 Å². The number of hydrogen-bond donors (Lipinski definition) is 1. The number of benzene rings is 1. The van der Waals surface area contributed by atoms with Crippen molar-refractivity contribution >= 4 is 5.91 Å². The Balaban J connectivity index is 1.75. The van der Waals surface area contributed by atoms with E-state index in [-0.39, 0.29) is 5.91 Å². The Morgan fingerprint density at radius 1 is 1.36 bits per heavy atom. The van der Waals surface area contributed by atoms with E-state index in [1.54, 1.807) is 28.9 Å². The van der Waals surface area contributed by atoms with Gasteiger partial charge in [-0.2, -0.15) is 5.10 Å². The van der Waals surface area contributed by atoms with E-state index in [0.717, 1.165) is 31.4 Å². The molecule has 1 aliphatic rings. The smallest absolute Gasteiger partial charge is 0.253 e. The molecule has 1 aromatic heterocycles. The van der Waals surface area contributed by atoms with E-state index in [4.69, 9.17) is 0 Å². The summed E-state index contributed by atoms with van der Waals surface area (Å²) >= 11 is 0. The number of amides is 1. The van der Waals surface area contributed by atoms with E-state index in [1.807, 2.05) is 30.5 Å². The SMILES string of the molecule is CN(CC1(O)CCCC1)C(=O)c1cccc(-n2cccn2)c1. The Kier molecular flexibility index (Phi) is 3.98. The van der Waals surface area contributed by atoms with Gasteiger partial charge in [-0.25, -0.2) is 4.68 Å². The highest BCUT2D eigenvalue weighted by Crippen LogP contribution is 2.30. The fourth-order valence-electron chi connectivity index (χ4n) is 3.13. The van der Waals surface area contributed by atoms with Gasteiger partial charge in [-0.05, 0) is 37.1 Å². The molecule has 22 heavy (non-hydrogen) atoms. The summed E-state index contributed by atoms with van der Waals surface area (Å²) in [6, 6.07) is 9.22. The summed E-state index contributed by atoms with van der Waals surface area (Å²) in [4.78, 5) is 14.2. The summed E-state index contributed by atoms with van der Waals surface area (Å²) in [6.45, 7) is 0.387. The zero-order chi connectivity index (χ0) is 15.6. The van der Waals surface area contributed by atoms with Gasteiger partial charge in [0.25, 0.3) is 5.91 Å². The second kappa shape index (κ2) is 5.93. The molecule has 1 amide bonds. The van der Waals surface area contributed by atoms with E-state index in [9.17, 15) is 9.90 Å². The van der Waals surface area contributed by atoms with Crippen LogP contribution in [-0.4, -0.2) is 44.9 Å². The zero-order valence-electron chi connectivity index (χ0n) is 12.8. The van der Waals surface area contributed by atoms with Gasteiger partial charge in [-0.15, -0.1) is 0 Å². The lowest BCUT2D eigenvalue weighted by Gasteiger charge is -2.28. The van der Waals surface area contributed by atoms with Crippen LogP contribution < -0.4 is 0 Å². The lowest BCUT2D eigenvalue weighted by Crippen LogP contribution is -2.42. The van der Waals surface area contributed by atoms with Crippen molar-refractivity contribution in [3.05, 3.63) is 48.3 Å². The minimum atomic E-state index is -0.718. The van der Waals surface area contributed by atoms with Crippen LogP contribution >= 0.6 is 0 Å². The number of likely N-dealkylation sites (N-methyl/N-ethyl adjacent to an activating group) is 1. The number of carbonyl (C=O) groups excluding carboxylic acids is 1. The molecule has 1 fully saturated rings. The molecule has 1 aliphatic carbocycles. The van der Waals surface area contributed by atoms with Gasteiger partial charge < -0.3 is 10.0 Å². The Labute approximate surface area is 130 Å². The second-order valence-corrected chi connectivity index (χ2v) is 6.09. The summed E-state index contributed by atoms with van der Waals surface area (Å²) in [5.41, 5.74) is 0.741. The normalized spacial score (nSPS) is 16.6. The molecule has 0 spiro atoms. The van der Waals surface area contributed by atoms with E-state index in [1.165, 1.54) is 0 Å². The van der Waals surface area contributed by atoms with Gasteiger partial charge in [0, 0.05) is 31.5 Å². The molecule has 0 saturated heterocycles. The molecule has 2 aromatic rings. The van der Waals surface area contributed by atoms with Crippen LogP contribution in [0.5, 0.6) is 0 Å². The first-order valence-electron chi connectivity index (χ1n) is 7.65. The van der Waals surface area contributed by atoms with Gasteiger partial charge in [0.05, 0.1) is 11.3 Å². The maximum Gasteiger partial charge on any atom is 0.253 e. The average molecular weight is 299 g/mol. The highest BCUT2D eigenvalue weighted by molar-refractivity contribution is 5.94. The zero-order valence-corrected chi connectivity index (χ0v) is 12.8. The van der Waals surface area contributed by atoms with Gasteiger partial charge >= 0.3 is 0 Å². The quantitative estimate of drug-likeness (QED) is 0.942. The van der Waals surface area contributed by atoms with Crippen LogP contribution in [0.2, 0.25) is 0 Å². The Morgan fingerprint density at radius 3 is 2.82 bits per heavy atom. The third-order valence-corrected chi connectivity index (χ3v) is 4.27. The van der Waals surface area contributed by atoms with Gasteiger partial charge in [-0.3, -0.25) is 4.79 Å². The third-order valence-electron chi connectivity index (χ3n) is 4.27. The maximum atomic E-state index is 12.6. The lowest BCUT2D eigenvalue weighted by atomic mass is 10.0. The largest absolute Gasteiger partial charge is 0.388 e. The van der Waals surface area contributed by atoms with Crippen LogP contribution in [0.25, 0.3) is 5.69 Å². The molecule has 0 bridgehead atoms. The third kappa shape index (κ3) is 3.04. The van der Waals surface area contributed by atoms with Crippen molar-refractivity contribution < 1.29 is 9.90 Å². The van der Waals surface area contributed by atoms with E-state index in [0.29, 0.717) is 12.1 Å². The summed E-state index contributed by atoms with van der Waals surface area (Å²) in [5.74, 6) is -0.0747. The molecule has 1 heterocycles. The minimum Gasteiger partial charge on any atom is -0.388 e. The number of hydrogen-bond acceptors (Lipinski definition) is 3. The van der Waals surface area contributed by atoms with Crippen molar-refractivity contribution in [3.8, 4) is 5.69 Å². The number of aromatic nitrogens is 2. The number of aliphatic hydroxyl groups is 1. The maximum absolute atomic E-state index is 12.6. The molecule has 1 N–H and O–H groups in total. The Morgan fingerprint density at radius 2 is 2.14 bits per heavy atom. The van der Waals surface area contributed by atoms with Gasteiger partial charge in [-0.1, -0.05) is 18.9 Å². The Hall–Kier alpha value is -2.14. The van der Waals surface area contributed by atoms with Crippen LogP contribution in [0.3, 0.4) is 0 Å². The van der Waals surface area contributed by atoms with E-state index in [2.05, 4.69) is 5.10 Å². The molecule has 116 valence electrons. The van der Waals surface area contributed by atoms with Crippen LogP contribution in [0.1, 0.15) is 36.0 Å². The topological polar surface area (TPSA) is 58.4 Å². The average Bonchev–Trinajstić information content (AvgIpc) is 3.18. The fraction of sp³-hybridized carbons (Fsp3) is 0.412. The molecule has 0 atom stereocenters. The standard InChI is InChI=1S/C17H21N3O2/c1-19(13-17(22)8-2-3-9-17)16(21)14-6-4-7-15(12-14)20-11-5-10-18-20/h4-7,10-12,22H,2-3,8-9,13H2,1H3. The van der Waals surface area contributed by atoms with Crippen LogP contribution in [0, 0.1) is 0 Å². The summed E-state index contributed by atoms with van der Waals surface area (Å²) in [6.07, 6.45) is 7.17. The van der Waals surface area contributed by atoms with Gasteiger partial charge in [0.15, 0.2) is 0 Å². The molecule has 0 radical (unpaired) electrons. The Bertz CT molecular complexity index is 646. The molecule has 5 nitrogen and oxygen atoms in total. The lowest BCUT2D eigenvalue weighted by molar-refractivity contribution is 0.0157. The molecule has 1 aromatic carbocycles. The fourth-order valence-corrected chi connectivity index (χ4v) is 3.13. The monoisotopic (exact) mass is 299 g/mol. The summed E-state index contributed by atoms with van der Waals surface area (Å²) < 4.78 is 1.72. The number of rotatable bonds is 4. The predicted molar refractivity (Wildman–Crippen MR) is 83.9 cm³/mol. The van der Waals surface area contributed by atoms with E-state index >= 15 is 0 Å². The first kappa shape index (κ1) is 14.8. The molecular weight excluding hydrogens is 278 g/mol. The number of nitrogens with zero attached hydrogens (tertiary/aromatic N) is 3. The molecular formula is C17H21N3O2. The highest BCUT2D eigenvalue weighted by Gasteiger charge is 2.33. The van der Waals surface area contributed by atoms with Crippen LogP contribution in [0.15, 0.2) is 42.7 Å².